The summed E-state index contributed by atoms with van der Waals surface area (Å²) < 4.78 is 1.98. The van der Waals surface area contributed by atoms with Crippen LogP contribution in [0, 0.1) is 6.92 Å². The van der Waals surface area contributed by atoms with Gasteiger partial charge in [0.05, 0.1) is 34.4 Å². The minimum absolute atomic E-state index is 0.219. The van der Waals surface area contributed by atoms with Gasteiger partial charge in [-0.2, -0.15) is 10.2 Å². The van der Waals surface area contributed by atoms with Gasteiger partial charge in [-0.25, -0.2) is 9.48 Å². The summed E-state index contributed by atoms with van der Waals surface area (Å²) in [6.45, 7) is 3.96. The molecular weight excluding hydrogens is 366 g/mol. The van der Waals surface area contributed by atoms with Gasteiger partial charge in [-0.3, -0.25) is 5.43 Å². The molecule has 1 fully saturated rings. The first-order chi connectivity index (χ1) is 14.1. The number of hydrogen-bond acceptors (Lipinski definition) is 5. The fourth-order valence-electron chi connectivity index (χ4n) is 3.55. The number of carboxylic acids is 1. The molecule has 148 valence electrons. The fourth-order valence-corrected chi connectivity index (χ4v) is 3.55. The summed E-state index contributed by atoms with van der Waals surface area (Å²) in [6.07, 6.45) is 4.09. The monoisotopic (exact) mass is 389 g/mol. The number of hydrogen-bond donors (Lipinski definition) is 2. The molecule has 2 heterocycles. The zero-order valence-corrected chi connectivity index (χ0v) is 16.2. The SMILES string of the molecule is Cc1nn(-c2ccccc2)c(N2CCCC2)c1C=NNc1cccc(C(=O)O)c1. The van der Waals surface area contributed by atoms with Crippen LogP contribution in [-0.4, -0.2) is 40.2 Å². The van der Waals surface area contributed by atoms with Crippen LogP contribution < -0.4 is 10.3 Å². The first-order valence-electron chi connectivity index (χ1n) is 9.66. The number of aryl methyl sites for hydroxylation is 1. The van der Waals surface area contributed by atoms with E-state index in [0.29, 0.717) is 5.69 Å². The van der Waals surface area contributed by atoms with Gasteiger partial charge in [0.1, 0.15) is 5.82 Å². The van der Waals surface area contributed by atoms with Crippen molar-refractivity contribution in [1.29, 1.82) is 0 Å². The summed E-state index contributed by atoms with van der Waals surface area (Å²) in [6, 6.07) is 16.7. The smallest absolute Gasteiger partial charge is 0.335 e. The van der Waals surface area contributed by atoms with E-state index in [1.54, 1.807) is 30.5 Å². The molecule has 1 aromatic heterocycles. The van der Waals surface area contributed by atoms with Gasteiger partial charge in [-0.05, 0) is 50.1 Å². The lowest BCUT2D eigenvalue weighted by atomic mass is 10.2. The predicted molar refractivity (Wildman–Crippen MR) is 114 cm³/mol. The molecular formula is C22H23N5O2. The molecule has 29 heavy (non-hydrogen) atoms. The van der Waals surface area contributed by atoms with Crippen LogP contribution in [0.5, 0.6) is 0 Å². The van der Waals surface area contributed by atoms with Crippen molar-refractivity contribution in [2.75, 3.05) is 23.4 Å². The number of para-hydroxylation sites is 1. The standard InChI is InChI=1S/C22H23N5O2/c1-16-20(15-23-24-18-9-7-8-17(14-18)22(28)29)21(26-12-5-6-13-26)27(25-16)19-10-3-2-4-11-19/h2-4,7-11,14-15,24H,5-6,12-13H2,1H3,(H,28,29). The Morgan fingerprint density at radius 1 is 1.14 bits per heavy atom. The molecule has 7 nitrogen and oxygen atoms in total. The zero-order valence-electron chi connectivity index (χ0n) is 16.2. The van der Waals surface area contributed by atoms with Crippen molar-refractivity contribution >= 4 is 23.7 Å². The molecule has 0 saturated carbocycles. The molecule has 0 aliphatic carbocycles. The van der Waals surface area contributed by atoms with Crippen LogP contribution in [0.4, 0.5) is 11.5 Å². The van der Waals surface area contributed by atoms with Crippen LogP contribution >= 0.6 is 0 Å². The number of carboxylic acid groups (broad SMARTS) is 1. The van der Waals surface area contributed by atoms with Crippen molar-refractivity contribution in [3.63, 3.8) is 0 Å². The number of nitrogens with zero attached hydrogens (tertiary/aromatic N) is 4. The maximum atomic E-state index is 11.1. The van der Waals surface area contributed by atoms with Gasteiger partial charge in [-0.1, -0.05) is 24.3 Å². The van der Waals surface area contributed by atoms with Crippen LogP contribution in [0.25, 0.3) is 5.69 Å². The highest BCUT2D eigenvalue weighted by Crippen LogP contribution is 2.29. The summed E-state index contributed by atoms with van der Waals surface area (Å²) in [5.74, 6) is 0.0740. The Kier molecular flexibility index (Phi) is 5.29. The summed E-state index contributed by atoms with van der Waals surface area (Å²) >= 11 is 0. The molecule has 0 atom stereocenters. The number of aromatic carboxylic acids is 1. The molecule has 1 aliphatic heterocycles. The third kappa shape index (κ3) is 3.99. The third-order valence-electron chi connectivity index (χ3n) is 4.98. The maximum Gasteiger partial charge on any atom is 0.335 e. The van der Waals surface area contributed by atoms with Gasteiger partial charge in [0.15, 0.2) is 0 Å². The summed E-state index contributed by atoms with van der Waals surface area (Å²) in [4.78, 5) is 13.5. The van der Waals surface area contributed by atoms with E-state index in [4.69, 9.17) is 10.2 Å². The van der Waals surface area contributed by atoms with E-state index in [1.165, 1.54) is 0 Å². The molecule has 4 rings (SSSR count). The molecule has 2 N–H and O–H groups in total. The molecule has 0 spiro atoms. The zero-order chi connectivity index (χ0) is 20.2. The first-order valence-corrected chi connectivity index (χ1v) is 9.66. The van der Waals surface area contributed by atoms with Crippen LogP contribution in [-0.2, 0) is 0 Å². The van der Waals surface area contributed by atoms with Crippen LogP contribution in [0.15, 0.2) is 59.7 Å². The number of hydrazone groups is 1. The molecule has 2 aromatic carbocycles. The molecule has 0 bridgehead atoms. The number of benzene rings is 2. The number of aromatic nitrogens is 2. The number of nitrogens with one attached hydrogen (secondary N) is 1. The Morgan fingerprint density at radius 3 is 2.62 bits per heavy atom. The maximum absolute atomic E-state index is 11.1. The molecule has 0 unspecified atom stereocenters. The van der Waals surface area contributed by atoms with E-state index >= 15 is 0 Å². The Hall–Kier alpha value is -3.61. The van der Waals surface area contributed by atoms with Crippen molar-refractivity contribution in [3.8, 4) is 5.69 Å². The quantitative estimate of drug-likeness (QED) is 0.493. The molecule has 0 radical (unpaired) electrons. The van der Waals surface area contributed by atoms with E-state index < -0.39 is 5.97 Å². The van der Waals surface area contributed by atoms with E-state index in [2.05, 4.69) is 15.4 Å². The lowest BCUT2D eigenvalue weighted by Gasteiger charge is -2.20. The van der Waals surface area contributed by atoms with Crippen molar-refractivity contribution in [3.05, 3.63) is 71.4 Å². The normalized spacial score (nSPS) is 13.9. The van der Waals surface area contributed by atoms with Crippen molar-refractivity contribution in [1.82, 2.24) is 9.78 Å². The highest BCUT2D eigenvalue weighted by molar-refractivity contribution is 5.90. The lowest BCUT2D eigenvalue weighted by Crippen LogP contribution is -2.22. The van der Waals surface area contributed by atoms with Gasteiger partial charge in [0.25, 0.3) is 0 Å². The van der Waals surface area contributed by atoms with E-state index in [0.717, 1.165) is 48.7 Å². The second-order valence-electron chi connectivity index (χ2n) is 7.02. The topological polar surface area (TPSA) is 82.8 Å². The van der Waals surface area contributed by atoms with E-state index in [1.807, 2.05) is 41.9 Å². The van der Waals surface area contributed by atoms with Crippen LogP contribution in [0.1, 0.15) is 34.5 Å². The third-order valence-corrected chi connectivity index (χ3v) is 4.98. The molecule has 3 aromatic rings. The van der Waals surface area contributed by atoms with Gasteiger partial charge in [-0.15, -0.1) is 0 Å². The van der Waals surface area contributed by atoms with Crippen molar-refractivity contribution in [2.45, 2.75) is 19.8 Å². The van der Waals surface area contributed by atoms with Crippen LogP contribution in [0.3, 0.4) is 0 Å². The van der Waals surface area contributed by atoms with Gasteiger partial charge in [0, 0.05) is 13.1 Å². The molecule has 1 aliphatic rings. The van der Waals surface area contributed by atoms with Gasteiger partial charge < -0.3 is 10.0 Å². The second kappa shape index (κ2) is 8.18. The predicted octanol–water partition coefficient (Wildman–Crippen LogP) is 3.93. The Morgan fingerprint density at radius 2 is 1.90 bits per heavy atom. The highest BCUT2D eigenvalue weighted by atomic mass is 16.4. The van der Waals surface area contributed by atoms with E-state index in [9.17, 15) is 4.79 Å². The minimum atomic E-state index is -0.964. The Labute approximate surface area is 169 Å². The lowest BCUT2D eigenvalue weighted by molar-refractivity contribution is 0.0697. The van der Waals surface area contributed by atoms with Crippen molar-refractivity contribution in [2.24, 2.45) is 5.10 Å². The number of carbonyl (C=O) groups is 1. The van der Waals surface area contributed by atoms with Crippen LogP contribution in [0.2, 0.25) is 0 Å². The van der Waals surface area contributed by atoms with Gasteiger partial charge in [0.2, 0.25) is 0 Å². The number of anilines is 2. The number of rotatable bonds is 6. The summed E-state index contributed by atoms with van der Waals surface area (Å²) in [7, 11) is 0. The summed E-state index contributed by atoms with van der Waals surface area (Å²) in [5, 5.41) is 18.3. The largest absolute Gasteiger partial charge is 0.478 e. The molecule has 1 saturated heterocycles. The second-order valence-corrected chi connectivity index (χ2v) is 7.02. The fraction of sp³-hybridized carbons (Fsp3) is 0.227. The average molecular weight is 389 g/mol. The highest BCUT2D eigenvalue weighted by Gasteiger charge is 2.23. The first kappa shape index (κ1) is 18.7. The Balaban J connectivity index is 1.66. The summed E-state index contributed by atoms with van der Waals surface area (Å²) in [5.41, 5.74) is 6.63. The van der Waals surface area contributed by atoms with E-state index in [-0.39, 0.29) is 5.56 Å². The average Bonchev–Trinajstić information content (AvgIpc) is 3.37. The molecule has 0 amide bonds. The van der Waals surface area contributed by atoms with Crippen molar-refractivity contribution < 1.29 is 9.90 Å². The van der Waals surface area contributed by atoms with Gasteiger partial charge >= 0.3 is 5.97 Å². The Bertz CT molecular complexity index is 1040. The minimum Gasteiger partial charge on any atom is -0.478 e. The molecule has 7 heteroatoms.